The second-order valence-corrected chi connectivity index (χ2v) is 8.47. The van der Waals surface area contributed by atoms with Gasteiger partial charge >= 0.3 is 5.97 Å². The Kier molecular flexibility index (Phi) is 6.03. The van der Waals surface area contributed by atoms with Crippen LogP contribution in [-0.2, 0) is 14.3 Å². The van der Waals surface area contributed by atoms with Crippen LogP contribution in [0, 0.1) is 0 Å². The minimum absolute atomic E-state index is 0.108. The Morgan fingerprint density at radius 3 is 2.67 bits per heavy atom. The number of methoxy groups -OCH3 is 1. The first-order valence-corrected chi connectivity index (χ1v) is 10.7. The zero-order valence-corrected chi connectivity index (χ0v) is 19.1. The largest absolute Gasteiger partial charge is 0.486 e. The molecule has 0 radical (unpaired) electrons. The number of carbonyl (C=O) groups is 3. The van der Waals surface area contributed by atoms with Crippen molar-refractivity contribution in [2.45, 2.75) is 25.4 Å². The van der Waals surface area contributed by atoms with Crippen molar-refractivity contribution in [3.05, 3.63) is 64.9 Å². The fourth-order valence-electron chi connectivity index (χ4n) is 3.77. The van der Waals surface area contributed by atoms with Gasteiger partial charge in [0, 0.05) is 5.02 Å². The first-order valence-electron chi connectivity index (χ1n) is 10.3. The monoisotopic (exact) mass is 470 g/mol. The summed E-state index contributed by atoms with van der Waals surface area (Å²) in [6, 6.07) is 13.9. The Labute approximate surface area is 195 Å². The molecule has 2 aromatic carbocycles. The van der Waals surface area contributed by atoms with E-state index < -0.39 is 29.9 Å². The Balaban J connectivity index is 1.73. The molecule has 0 spiro atoms. The summed E-state index contributed by atoms with van der Waals surface area (Å²) < 4.78 is 16.5. The van der Waals surface area contributed by atoms with Crippen LogP contribution in [0.25, 0.3) is 11.0 Å². The third-order valence-electron chi connectivity index (χ3n) is 5.79. The molecule has 2 heterocycles. The molecule has 2 amide bonds. The molecule has 0 saturated heterocycles. The maximum Gasteiger partial charge on any atom is 0.325 e. The summed E-state index contributed by atoms with van der Waals surface area (Å²) in [4.78, 5) is 40.3. The van der Waals surface area contributed by atoms with Crippen LogP contribution in [0.4, 0.5) is 0 Å². The molecule has 1 aliphatic rings. The number of hydrogen-bond donors (Lipinski definition) is 1. The van der Waals surface area contributed by atoms with Gasteiger partial charge in [0.05, 0.1) is 18.5 Å². The Hall–Kier alpha value is -3.52. The highest BCUT2D eigenvalue weighted by Crippen LogP contribution is 2.39. The van der Waals surface area contributed by atoms with E-state index >= 15 is 0 Å². The van der Waals surface area contributed by atoms with Crippen molar-refractivity contribution in [1.82, 2.24) is 10.2 Å². The van der Waals surface area contributed by atoms with E-state index in [2.05, 4.69) is 5.32 Å². The van der Waals surface area contributed by atoms with Gasteiger partial charge in [-0.25, -0.2) is 0 Å². The standard InChI is InChI=1S/C24H23ClN2O6/c1-14(15-7-5-4-6-8-15)26-23(30)24(2)13-32-20-17-11-16(25)9-10-18(17)33-21(20)22(29)27(24)12-19(28)31-3/h4-11,14H,12-13H2,1-3H3,(H,26,30)/t14-,24+/m0/s1. The van der Waals surface area contributed by atoms with Crippen molar-refractivity contribution in [3.63, 3.8) is 0 Å². The molecule has 2 atom stereocenters. The SMILES string of the molecule is COC(=O)CN1C(=O)c2oc3ccc(Cl)cc3c2OC[C@]1(C)C(=O)N[C@@H](C)c1ccccc1. The molecule has 0 saturated carbocycles. The molecule has 0 aliphatic carbocycles. The molecule has 1 aromatic heterocycles. The number of halogens is 1. The number of fused-ring (bicyclic) bond motifs is 3. The minimum Gasteiger partial charge on any atom is -0.486 e. The molecular formula is C24H23ClN2O6. The van der Waals surface area contributed by atoms with Crippen LogP contribution >= 0.6 is 11.6 Å². The van der Waals surface area contributed by atoms with E-state index in [-0.39, 0.29) is 24.2 Å². The lowest BCUT2D eigenvalue weighted by Gasteiger charge is -2.37. The number of amides is 2. The van der Waals surface area contributed by atoms with Crippen LogP contribution in [-0.4, -0.2) is 48.5 Å². The van der Waals surface area contributed by atoms with Gasteiger partial charge in [-0.3, -0.25) is 14.4 Å². The number of furan rings is 1. The molecule has 1 aliphatic heterocycles. The van der Waals surface area contributed by atoms with Gasteiger partial charge in [-0.15, -0.1) is 0 Å². The van der Waals surface area contributed by atoms with Crippen molar-refractivity contribution in [1.29, 1.82) is 0 Å². The Bertz CT molecular complexity index is 1220. The second-order valence-electron chi connectivity index (χ2n) is 8.04. The first kappa shape index (κ1) is 22.7. The summed E-state index contributed by atoms with van der Waals surface area (Å²) in [6.07, 6.45) is 0. The number of nitrogens with one attached hydrogen (secondary N) is 1. The molecule has 1 N–H and O–H groups in total. The third-order valence-corrected chi connectivity index (χ3v) is 6.02. The molecular weight excluding hydrogens is 448 g/mol. The average molecular weight is 471 g/mol. The normalized spacial score (nSPS) is 18.8. The zero-order valence-electron chi connectivity index (χ0n) is 18.4. The molecule has 8 nitrogen and oxygen atoms in total. The highest BCUT2D eigenvalue weighted by Gasteiger charge is 2.49. The van der Waals surface area contributed by atoms with Gasteiger partial charge in [-0.1, -0.05) is 41.9 Å². The summed E-state index contributed by atoms with van der Waals surface area (Å²) in [5.74, 6) is -1.75. The number of ether oxygens (including phenoxy) is 2. The molecule has 9 heteroatoms. The Morgan fingerprint density at radius 1 is 1.24 bits per heavy atom. The number of rotatable bonds is 5. The minimum atomic E-state index is -1.53. The van der Waals surface area contributed by atoms with Crippen molar-refractivity contribution < 1.29 is 28.3 Å². The van der Waals surface area contributed by atoms with Crippen LogP contribution < -0.4 is 10.1 Å². The van der Waals surface area contributed by atoms with E-state index in [0.717, 1.165) is 10.5 Å². The smallest absolute Gasteiger partial charge is 0.325 e. The van der Waals surface area contributed by atoms with E-state index in [9.17, 15) is 14.4 Å². The van der Waals surface area contributed by atoms with Crippen LogP contribution in [0.1, 0.15) is 36.0 Å². The maximum atomic E-state index is 13.5. The summed E-state index contributed by atoms with van der Waals surface area (Å²) in [5, 5.41) is 3.87. The van der Waals surface area contributed by atoms with Crippen molar-refractivity contribution >= 4 is 40.4 Å². The fraction of sp³-hybridized carbons (Fsp3) is 0.292. The van der Waals surface area contributed by atoms with Crippen LogP contribution in [0.5, 0.6) is 5.75 Å². The van der Waals surface area contributed by atoms with Crippen LogP contribution in [0.3, 0.4) is 0 Å². The third kappa shape index (κ3) is 4.14. The lowest BCUT2D eigenvalue weighted by atomic mass is 9.97. The fourth-order valence-corrected chi connectivity index (χ4v) is 3.95. The summed E-state index contributed by atoms with van der Waals surface area (Å²) in [7, 11) is 1.21. The van der Waals surface area contributed by atoms with E-state index in [1.165, 1.54) is 7.11 Å². The van der Waals surface area contributed by atoms with E-state index in [0.29, 0.717) is 16.0 Å². The van der Waals surface area contributed by atoms with Crippen LogP contribution in [0.15, 0.2) is 52.9 Å². The summed E-state index contributed by atoms with van der Waals surface area (Å²) in [6.45, 7) is 2.71. The van der Waals surface area contributed by atoms with E-state index in [4.69, 9.17) is 25.5 Å². The highest BCUT2D eigenvalue weighted by molar-refractivity contribution is 6.31. The Morgan fingerprint density at radius 2 is 1.97 bits per heavy atom. The van der Waals surface area contributed by atoms with Gasteiger partial charge in [-0.05, 0) is 37.6 Å². The molecule has 0 fully saturated rings. The van der Waals surface area contributed by atoms with Crippen molar-refractivity contribution in [2.24, 2.45) is 0 Å². The number of esters is 1. The molecule has 172 valence electrons. The van der Waals surface area contributed by atoms with Gasteiger partial charge < -0.3 is 24.1 Å². The number of carbonyl (C=O) groups excluding carboxylic acids is 3. The molecule has 3 aromatic rings. The summed E-state index contributed by atoms with van der Waals surface area (Å²) >= 11 is 6.12. The lowest BCUT2D eigenvalue weighted by molar-refractivity contribution is -0.145. The van der Waals surface area contributed by atoms with E-state index in [1.54, 1.807) is 25.1 Å². The quantitative estimate of drug-likeness (QED) is 0.570. The van der Waals surface area contributed by atoms with Crippen molar-refractivity contribution in [3.8, 4) is 5.75 Å². The first-order chi connectivity index (χ1) is 15.7. The van der Waals surface area contributed by atoms with Gasteiger partial charge in [-0.2, -0.15) is 0 Å². The van der Waals surface area contributed by atoms with Gasteiger partial charge in [0.25, 0.3) is 5.91 Å². The van der Waals surface area contributed by atoms with Gasteiger partial charge in [0.2, 0.25) is 11.7 Å². The molecule has 33 heavy (non-hydrogen) atoms. The lowest BCUT2D eigenvalue weighted by Crippen LogP contribution is -2.62. The van der Waals surface area contributed by atoms with Gasteiger partial charge in [0.15, 0.2) is 11.3 Å². The second kappa shape index (κ2) is 8.78. The average Bonchev–Trinajstić information content (AvgIpc) is 3.13. The van der Waals surface area contributed by atoms with Crippen molar-refractivity contribution in [2.75, 3.05) is 20.3 Å². The number of nitrogens with zero attached hydrogens (tertiary/aromatic N) is 1. The maximum absolute atomic E-state index is 13.5. The topological polar surface area (TPSA) is 98.1 Å². The predicted molar refractivity (Wildman–Crippen MR) is 121 cm³/mol. The number of hydrogen-bond acceptors (Lipinski definition) is 6. The number of benzene rings is 2. The predicted octanol–water partition coefficient (Wildman–Crippen LogP) is 3.73. The molecule has 4 rings (SSSR count). The summed E-state index contributed by atoms with van der Waals surface area (Å²) in [5.41, 5.74) is -0.232. The molecule has 0 unspecified atom stereocenters. The van der Waals surface area contributed by atoms with E-state index in [1.807, 2.05) is 37.3 Å². The van der Waals surface area contributed by atoms with Gasteiger partial charge in [0.1, 0.15) is 18.7 Å². The zero-order chi connectivity index (χ0) is 23.8. The van der Waals surface area contributed by atoms with Crippen LogP contribution in [0.2, 0.25) is 5.02 Å². The molecule has 0 bridgehead atoms. The highest BCUT2D eigenvalue weighted by atomic mass is 35.5.